The molecule has 0 aliphatic heterocycles. The monoisotopic (exact) mass is 267 g/mol. The number of alkyl halides is 1. The Morgan fingerprint density at radius 2 is 2.00 bits per heavy atom. The second-order valence-electron chi connectivity index (χ2n) is 4.46. The van der Waals surface area contributed by atoms with E-state index in [4.69, 9.17) is 11.6 Å². The van der Waals surface area contributed by atoms with Gasteiger partial charge in [0.05, 0.1) is 5.75 Å². The van der Waals surface area contributed by atoms with Gasteiger partial charge in [-0.05, 0) is 31.6 Å². The number of halogens is 1. The van der Waals surface area contributed by atoms with Crippen LogP contribution < -0.4 is 0 Å². The molecule has 0 atom stereocenters. The average Bonchev–Trinajstić information content (AvgIpc) is 2.16. The van der Waals surface area contributed by atoms with Crippen molar-refractivity contribution in [1.29, 1.82) is 0 Å². The molecule has 0 unspecified atom stereocenters. The molecule has 0 heterocycles. The first-order valence-corrected chi connectivity index (χ1v) is 8.28. The highest BCUT2D eigenvalue weighted by Crippen LogP contribution is 2.27. The molecule has 0 aromatic heterocycles. The van der Waals surface area contributed by atoms with E-state index < -0.39 is 10.0 Å². The van der Waals surface area contributed by atoms with Gasteiger partial charge in [-0.25, -0.2) is 12.7 Å². The summed E-state index contributed by atoms with van der Waals surface area (Å²) in [5, 5.41) is 0. The maximum absolute atomic E-state index is 12.0. The number of nitrogens with zero attached hydrogens (tertiary/aromatic N) is 1. The second kappa shape index (κ2) is 6.82. The van der Waals surface area contributed by atoms with Crippen LogP contribution in [0.4, 0.5) is 0 Å². The van der Waals surface area contributed by atoms with E-state index in [0.717, 1.165) is 13.0 Å². The SMILES string of the molecule is CCN(CC1CCC1)S(=O)(=O)CCCCCl. The van der Waals surface area contributed by atoms with Crippen molar-refractivity contribution in [2.75, 3.05) is 24.7 Å². The van der Waals surface area contributed by atoms with E-state index in [2.05, 4.69) is 0 Å². The van der Waals surface area contributed by atoms with Crippen molar-refractivity contribution >= 4 is 21.6 Å². The smallest absolute Gasteiger partial charge is 0.212 e. The number of hydrogen-bond acceptors (Lipinski definition) is 2. The van der Waals surface area contributed by atoms with Gasteiger partial charge in [0.25, 0.3) is 0 Å². The molecule has 0 radical (unpaired) electrons. The fourth-order valence-electron chi connectivity index (χ4n) is 1.91. The molecule has 0 N–H and O–H groups in total. The minimum Gasteiger partial charge on any atom is -0.212 e. The lowest BCUT2D eigenvalue weighted by Gasteiger charge is -2.31. The van der Waals surface area contributed by atoms with Crippen LogP contribution in [-0.4, -0.2) is 37.4 Å². The largest absolute Gasteiger partial charge is 0.214 e. The lowest BCUT2D eigenvalue weighted by molar-refractivity contribution is 0.250. The summed E-state index contributed by atoms with van der Waals surface area (Å²) in [6, 6.07) is 0. The van der Waals surface area contributed by atoms with E-state index in [1.165, 1.54) is 19.3 Å². The summed E-state index contributed by atoms with van der Waals surface area (Å²) in [4.78, 5) is 0. The van der Waals surface area contributed by atoms with Crippen LogP contribution in [0.1, 0.15) is 39.0 Å². The third-order valence-corrected chi connectivity index (χ3v) is 5.48. The van der Waals surface area contributed by atoms with Crippen molar-refractivity contribution in [1.82, 2.24) is 4.31 Å². The van der Waals surface area contributed by atoms with Crippen molar-refractivity contribution in [3.63, 3.8) is 0 Å². The summed E-state index contributed by atoms with van der Waals surface area (Å²) in [7, 11) is -3.04. The summed E-state index contributed by atoms with van der Waals surface area (Å²) >= 11 is 5.55. The Kier molecular flexibility index (Phi) is 6.08. The van der Waals surface area contributed by atoms with Gasteiger partial charge in [0.15, 0.2) is 0 Å². The quantitative estimate of drug-likeness (QED) is 0.500. The first-order valence-electron chi connectivity index (χ1n) is 6.14. The summed E-state index contributed by atoms with van der Waals surface area (Å²) in [6.45, 7) is 3.23. The zero-order valence-electron chi connectivity index (χ0n) is 9.99. The van der Waals surface area contributed by atoms with Crippen LogP contribution in [-0.2, 0) is 10.0 Å². The maximum Gasteiger partial charge on any atom is 0.214 e. The Morgan fingerprint density at radius 1 is 1.31 bits per heavy atom. The topological polar surface area (TPSA) is 37.4 Å². The highest BCUT2D eigenvalue weighted by molar-refractivity contribution is 7.89. The van der Waals surface area contributed by atoms with Gasteiger partial charge in [-0.3, -0.25) is 0 Å². The van der Waals surface area contributed by atoms with Crippen LogP contribution in [0.15, 0.2) is 0 Å². The molecule has 0 aromatic carbocycles. The van der Waals surface area contributed by atoms with Crippen LogP contribution >= 0.6 is 11.6 Å². The Morgan fingerprint density at radius 3 is 2.44 bits per heavy atom. The summed E-state index contributed by atoms with van der Waals surface area (Å²) in [6.07, 6.45) is 5.09. The molecule has 1 saturated carbocycles. The van der Waals surface area contributed by atoms with Crippen LogP contribution in [0.2, 0.25) is 0 Å². The molecule has 0 amide bonds. The molecule has 0 aromatic rings. The van der Waals surface area contributed by atoms with Crippen molar-refractivity contribution in [2.45, 2.75) is 39.0 Å². The van der Waals surface area contributed by atoms with E-state index in [1.807, 2.05) is 6.92 Å². The molecule has 3 nitrogen and oxygen atoms in total. The number of hydrogen-bond donors (Lipinski definition) is 0. The fraction of sp³-hybridized carbons (Fsp3) is 1.00. The van der Waals surface area contributed by atoms with Crippen molar-refractivity contribution in [3.05, 3.63) is 0 Å². The fourth-order valence-corrected chi connectivity index (χ4v) is 3.76. The third-order valence-electron chi connectivity index (χ3n) is 3.22. The second-order valence-corrected chi connectivity index (χ2v) is 6.93. The third kappa shape index (κ3) is 4.22. The Labute approximate surface area is 104 Å². The van der Waals surface area contributed by atoms with E-state index in [-0.39, 0.29) is 5.75 Å². The molecule has 1 rings (SSSR count). The first-order chi connectivity index (χ1) is 7.60. The van der Waals surface area contributed by atoms with E-state index in [1.54, 1.807) is 4.31 Å². The molecule has 1 aliphatic rings. The molecule has 5 heteroatoms. The van der Waals surface area contributed by atoms with Crippen molar-refractivity contribution in [3.8, 4) is 0 Å². The van der Waals surface area contributed by atoms with Gasteiger partial charge in [0.2, 0.25) is 10.0 Å². The predicted molar refractivity (Wildman–Crippen MR) is 68.3 cm³/mol. The number of unbranched alkanes of at least 4 members (excludes halogenated alkanes) is 1. The maximum atomic E-state index is 12.0. The molecule has 16 heavy (non-hydrogen) atoms. The molecule has 0 bridgehead atoms. The Balaban J connectivity index is 2.41. The van der Waals surface area contributed by atoms with Crippen molar-refractivity contribution in [2.24, 2.45) is 5.92 Å². The molecule has 0 saturated heterocycles. The van der Waals surface area contributed by atoms with Gasteiger partial charge < -0.3 is 0 Å². The standard InChI is InChI=1S/C11H22ClNO2S/c1-2-13(10-11-6-5-7-11)16(14,15)9-4-3-8-12/h11H,2-10H2,1H3. The molecule has 1 fully saturated rings. The lowest BCUT2D eigenvalue weighted by Crippen LogP contribution is -2.38. The van der Waals surface area contributed by atoms with Crippen molar-refractivity contribution < 1.29 is 8.42 Å². The zero-order chi connectivity index (χ0) is 12.0. The van der Waals surface area contributed by atoms with Gasteiger partial charge in [0, 0.05) is 19.0 Å². The van der Waals surface area contributed by atoms with Gasteiger partial charge in [-0.1, -0.05) is 13.3 Å². The van der Waals surface area contributed by atoms with Gasteiger partial charge in [-0.15, -0.1) is 11.6 Å². The highest BCUT2D eigenvalue weighted by atomic mass is 35.5. The summed E-state index contributed by atoms with van der Waals surface area (Å²) in [5.74, 6) is 1.40. The van der Waals surface area contributed by atoms with Crippen LogP contribution in [0.25, 0.3) is 0 Å². The van der Waals surface area contributed by atoms with Crippen LogP contribution in [0, 0.1) is 5.92 Å². The first kappa shape index (κ1) is 14.3. The van der Waals surface area contributed by atoms with E-state index >= 15 is 0 Å². The highest BCUT2D eigenvalue weighted by Gasteiger charge is 2.26. The predicted octanol–water partition coefficient (Wildman–Crippen LogP) is 2.46. The van der Waals surface area contributed by atoms with E-state index in [0.29, 0.717) is 24.8 Å². The molecule has 96 valence electrons. The van der Waals surface area contributed by atoms with Crippen LogP contribution in [0.5, 0.6) is 0 Å². The number of sulfonamides is 1. The normalized spacial score (nSPS) is 17.7. The van der Waals surface area contributed by atoms with Gasteiger partial charge in [0.1, 0.15) is 0 Å². The van der Waals surface area contributed by atoms with Gasteiger partial charge in [-0.2, -0.15) is 0 Å². The lowest BCUT2D eigenvalue weighted by atomic mass is 9.85. The molecular formula is C11H22ClNO2S. The minimum absolute atomic E-state index is 0.250. The summed E-state index contributed by atoms with van der Waals surface area (Å²) in [5.41, 5.74) is 0. The Hall–Kier alpha value is 0.200. The minimum atomic E-state index is -3.04. The summed E-state index contributed by atoms with van der Waals surface area (Å²) < 4.78 is 25.6. The average molecular weight is 268 g/mol. The number of rotatable bonds is 8. The Bertz CT molecular complexity index is 288. The zero-order valence-corrected chi connectivity index (χ0v) is 11.6. The van der Waals surface area contributed by atoms with Gasteiger partial charge >= 0.3 is 0 Å². The van der Waals surface area contributed by atoms with Crippen LogP contribution in [0.3, 0.4) is 0 Å². The molecule has 1 aliphatic carbocycles. The molecule has 0 spiro atoms. The van der Waals surface area contributed by atoms with E-state index in [9.17, 15) is 8.42 Å². The molecular weight excluding hydrogens is 246 g/mol.